The van der Waals surface area contributed by atoms with Crippen LogP contribution in [0.15, 0.2) is 0 Å². The maximum atomic E-state index is 12.6. The third-order valence-corrected chi connectivity index (χ3v) is 4.72. The summed E-state index contributed by atoms with van der Waals surface area (Å²) in [6, 6.07) is 0. The van der Waals surface area contributed by atoms with Crippen molar-refractivity contribution >= 4 is 30.9 Å². The predicted molar refractivity (Wildman–Crippen MR) is 72.0 cm³/mol. The van der Waals surface area contributed by atoms with Gasteiger partial charge in [0, 0.05) is 38.0 Å². The highest BCUT2D eigenvalue weighted by Crippen LogP contribution is 2.46. The molecule has 5 nitrogen and oxygen atoms in total. The van der Waals surface area contributed by atoms with E-state index < -0.39 is 7.67 Å². The van der Waals surface area contributed by atoms with Gasteiger partial charge in [-0.15, -0.1) is 23.2 Å². The third kappa shape index (κ3) is 6.97. The average molecular weight is 307 g/mol. The van der Waals surface area contributed by atoms with Crippen molar-refractivity contribution in [2.24, 2.45) is 0 Å². The second-order valence-electron chi connectivity index (χ2n) is 3.26. The molecule has 0 bridgehead atoms. The number of nitrogens with zero attached hydrogens (tertiary/aromatic N) is 1. The second kappa shape index (κ2) is 10.6. The van der Waals surface area contributed by atoms with Gasteiger partial charge in [-0.3, -0.25) is 4.57 Å². The van der Waals surface area contributed by atoms with Crippen LogP contribution in [0.25, 0.3) is 0 Å². The number of hydrogen-bond acceptors (Lipinski definition) is 3. The lowest BCUT2D eigenvalue weighted by Gasteiger charge is -2.30. The van der Waals surface area contributed by atoms with Crippen molar-refractivity contribution < 1.29 is 14.2 Å². The Bertz CT molecular complexity index is 228. The van der Waals surface area contributed by atoms with E-state index in [1.165, 1.54) is 0 Å². The van der Waals surface area contributed by atoms with Gasteiger partial charge >= 0.3 is 7.67 Å². The molecule has 17 heavy (non-hydrogen) atoms. The quantitative estimate of drug-likeness (QED) is 0.347. The van der Waals surface area contributed by atoms with Crippen molar-refractivity contribution in [3.05, 3.63) is 0 Å². The monoisotopic (exact) mass is 306 g/mol. The number of nitrogens with one attached hydrogen (secondary N) is 1. The van der Waals surface area contributed by atoms with Crippen LogP contribution in [0, 0.1) is 0 Å². The van der Waals surface area contributed by atoms with Gasteiger partial charge in [-0.2, -0.15) is 0 Å². The molecule has 0 aromatic carbocycles. The first-order valence-corrected chi connectivity index (χ1v) is 8.27. The minimum absolute atomic E-state index is 0.0458. The van der Waals surface area contributed by atoms with Gasteiger partial charge in [0.1, 0.15) is 0 Å². The van der Waals surface area contributed by atoms with E-state index in [2.05, 4.69) is 5.09 Å². The van der Waals surface area contributed by atoms with Crippen LogP contribution in [0.3, 0.4) is 0 Å². The summed E-state index contributed by atoms with van der Waals surface area (Å²) in [6.07, 6.45) is 0.520. The number of alkyl halides is 2. The van der Waals surface area contributed by atoms with Crippen LogP contribution in [-0.4, -0.2) is 54.4 Å². The lowest BCUT2D eigenvalue weighted by Crippen LogP contribution is -2.33. The summed E-state index contributed by atoms with van der Waals surface area (Å²) in [5.74, 6) is 0.714. The number of halogens is 2. The number of aliphatic hydroxyl groups excluding tert-OH is 1. The van der Waals surface area contributed by atoms with Gasteiger partial charge in [0.25, 0.3) is 0 Å². The molecule has 0 saturated heterocycles. The zero-order valence-electron chi connectivity index (χ0n) is 10.1. The Hall–Kier alpha value is 0.650. The summed E-state index contributed by atoms with van der Waals surface area (Å²) in [7, 11) is -3.09. The van der Waals surface area contributed by atoms with Crippen LogP contribution in [0.1, 0.15) is 13.3 Å². The molecule has 1 unspecified atom stereocenters. The fraction of sp³-hybridized carbons (Fsp3) is 1.00. The molecule has 1 atom stereocenters. The minimum atomic E-state index is -3.09. The molecule has 0 fully saturated rings. The van der Waals surface area contributed by atoms with Crippen molar-refractivity contribution in [2.75, 3.05) is 44.6 Å². The highest BCUT2D eigenvalue weighted by molar-refractivity contribution is 7.54. The smallest absolute Gasteiger partial charge is 0.343 e. The minimum Gasteiger partial charge on any atom is -0.396 e. The van der Waals surface area contributed by atoms with Crippen LogP contribution in [-0.2, 0) is 9.09 Å². The first-order valence-electron chi connectivity index (χ1n) is 5.62. The van der Waals surface area contributed by atoms with Crippen LogP contribution in [0.2, 0.25) is 0 Å². The molecule has 0 amide bonds. The molecule has 2 N–H and O–H groups in total. The highest BCUT2D eigenvalue weighted by Gasteiger charge is 2.30. The number of aliphatic hydroxyl groups is 1. The van der Waals surface area contributed by atoms with Crippen molar-refractivity contribution in [3.63, 3.8) is 0 Å². The molecule has 0 radical (unpaired) electrons. The van der Waals surface area contributed by atoms with Crippen LogP contribution >= 0.6 is 30.9 Å². The van der Waals surface area contributed by atoms with E-state index in [-0.39, 0.29) is 6.61 Å². The Balaban J connectivity index is 4.54. The van der Waals surface area contributed by atoms with E-state index >= 15 is 0 Å². The molecule has 0 aliphatic rings. The first-order chi connectivity index (χ1) is 8.14. The second-order valence-corrected chi connectivity index (χ2v) is 6.19. The van der Waals surface area contributed by atoms with Crippen LogP contribution < -0.4 is 5.09 Å². The van der Waals surface area contributed by atoms with E-state index in [4.69, 9.17) is 32.8 Å². The Morgan fingerprint density at radius 3 is 2.35 bits per heavy atom. The van der Waals surface area contributed by atoms with Gasteiger partial charge in [-0.05, 0) is 13.3 Å². The fourth-order valence-corrected chi connectivity index (χ4v) is 3.89. The van der Waals surface area contributed by atoms with Gasteiger partial charge in [0.2, 0.25) is 0 Å². The van der Waals surface area contributed by atoms with Crippen molar-refractivity contribution in [1.29, 1.82) is 0 Å². The molecule has 0 heterocycles. The molecular formula is C9H21Cl2N2O3P. The topological polar surface area (TPSA) is 61.8 Å². The van der Waals surface area contributed by atoms with E-state index in [0.717, 1.165) is 0 Å². The molecule has 0 aliphatic carbocycles. The molecular weight excluding hydrogens is 286 g/mol. The average Bonchev–Trinajstić information content (AvgIpc) is 2.29. The van der Waals surface area contributed by atoms with E-state index in [1.54, 1.807) is 11.6 Å². The Labute approximate surface area is 113 Å². The SMILES string of the molecule is CCOP(=O)(NCCCO)N(CCCl)CCCl. The van der Waals surface area contributed by atoms with Gasteiger partial charge in [-0.1, -0.05) is 0 Å². The number of hydrogen-bond donors (Lipinski definition) is 2. The Morgan fingerprint density at radius 1 is 1.35 bits per heavy atom. The molecule has 0 saturated carbocycles. The summed E-state index contributed by atoms with van der Waals surface area (Å²) >= 11 is 11.3. The summed E-state index contributed by atoms with van der Waals surface area (Å²) in [4.78, 5) is 0. The summed E-state index contributed by atoms with van der Waals surface area (Å²) in [5.41, 5.74) is 0. The van der Waals surface area contributed by atoms with E-state index in [1.807, 2.05) is 0 Å². The Morgan fingerprint density at radius 2 is 1.94 bits per heavy atom. The van der Waals surface area contributed by atoms with E-state index in [0.29, 0.717) is 44.4 Å². The number of rotatable bonds is 11. The van der Waals surface area contributed by atoms with Gasteiger partial charge in [0.05, 0.1) is 6.61 Å². The third-order valence-electron chi connectivity index (χ3n) is 2.01. The van der Waals surface area contributed by atoms with Crippen molar-refractivity contribution in [2.45, 2.75) is 13.3 Å². The van der Waals surface area contributed by atoms with Crippen LogP contribution in [0.5, 0.6) is 0 Å². The summed E-state index contributed by atoms with van der Waals surface area (Å²) < 4.78 is 19.5. The predicted octanol–water partition coefficient (Wildman–Crippen LogP) is 1.88. The zero-order chi connectivity index (χ0) is 13.1. The molecule has 0 rings (SSSR count). The van der Waals surface area contributed by atoms with Gasteiger partial charge in [0.15, 0.2) is 0 Å². The molecule has 104 valence electrons. The normalized spacial score (nSPS) is 15.1. The molecule has 0 aromatic heterocycles. The first kappa shape index (κ1) is 17.6. The van der Waals surface area contributed by atoms with Crippen molar-refractivity contribution in [3.8, 4) is 0 Å². The maximum absolute atomic E-state index is 12.6. The van der Waals surface area contributed by atoms with E-state index in [9.17, 15) is 4.57 Å². The maximum Gasteiger partial charge on any atom is 0.343 e. The standard InChI is InChI=1S/C9H21Cl2N2O3P/c1-2-16-17(15,12-6-3-9-14)13(7-4-10)8-5-11/h14H,2-9H2,1H3,(H,12,15). The van der Waals surface area contributed by atoms with Crippen molar-refractivity contribution in [1.82, 2.24) is 9.76 Å². The molecule has 0 aliphatic heterocycles. The summed E-state index contributed by atoms with van der Waals surface area (Å²) in [6.45, 7) is 3.47. The lowest BCUT2D eigenvalue weighted by molar-refractivity contribution is 0.262. The largest absolute Gasteiger partial charge is 0.396 e. The lowest BCUT2D eigenvalue weighted by atomic mass is 10.5. The summed E-state index contributed by atoms with van der Waals surface area (Å²) in [5, 5.41) is 11.6. The zero-order valence-corrected chi connectivity index (χ0v) is 12.5. The molecule has 8 heteroatoms. The fourth-order valence-electron chi connectivity index (χ4n) is 1.27. The van der Waals surface area contributed by atoms with Crippen LogP contribution in [0.4, 0.5) is 0 Å². The molecule has 0 spiro atoms. The molecule has 0 aromatic rings. The van der Waals surface area contributed by atoms with Gasteiger partial charge < -0.3 is 9.63 Å². The van der Waals surface area contributed by atoms with Gasteiger partial charge in [-0.25, -0.2) is 9.76 Å². The highest BCUT2D eigenvalue weighted by atomic mass is 35.5. The Kier molecular flexibility index (Phi) is 11.0.